The Hall–Kier alpha value is -2.05. The molecule has 0 spiro atoms. The fraction of sp³-hybridized carbons (Fsp3) is 0.862. The van der Waals surface area contributed by atoms with Crippen molar-refractivity contribution in [2.45, 2.75) is 338 Å². The van der Waals surface area contributed by atoms with Crippen molar-refractivity contribution in [3.8, 4) is 0 Å². The zero-order valence-corrected chi connectivity index (χ0v) is 49.9. The van der Waals surface area contributed by atoms with Crippen LogP contribution in [0.1, 0.15) is 264 Å². The molecule has 12 unspecified atom stereocenters. The molecule has 14 nitrogen and oxygen atoms in total. The fourth-order valence-corrected chi connectivity index (χ4v) is 10.5. The van der Waals surface area contributed by atoms with E-state index in [1.807, 2.05) is 6.08 Å². The molecule has 2 heterocycles. The number of hydrogen-bond acceptors (Lipinski definition) is 13. The number of unbranched alkanes of at least 4 members (excludes halogenated alkanes) is 33. The van der Waals surface area contributed by atoms with Crippen LogP contribution in [0.4, 0.5) is 0 Å². The van der Waals surface area contributed by atoms with Gasteiger partial charge in [0.1, 0.15) is 48.8 Å². The molecule has 0 saturated carbocycles. The van der Waals surface area contributed by atoms with Gasteiger partial charge in [0.05, 0.1) is 32.0 Å². The number of nitrogens with one attached hydrogen (secondary N) is 1. The molecule has 2 saturated heterocycles. The predicted molar refractivity (Wildman–Crippen MR) is 318 cm³/mol. The van der Waals surface area contributed by atoms with Gasteiger partial charge in [-0.2, -0.15) is 0 Å². The van der Waals surface area contributed by atoms with E-state index < -0.39 is 86.8 Å². The zero-order chi connectivity index (χ0) is 57.4. The van der Waals surface area contributed by atoms with Gasteiger partial charge in [0.2, 0.25) is 5.91 Å². The van der Waals surface area contributed by atoms with E-state index in [1.54, 1.807) is 6.08 Å². The third kappa shape index (κ3) is 35.6. The fourth-order valence-electron chi connectivity index (χ4n) is 10.5. The van der Waals surface area contributed by atoms with E-state index in [1.165, 1.54) is 186 Å². The van der Waals surface area contributed by atoms with Crippen molar-refractivity contribution in [1.29, 1.82) is 0 Å². The zero-order valence-electron chi connectivity index (χ0n) is 49.9. The lowest BCUT2D eigenvalue weighted by molar-refractivity contribution is -0.359. The van der Waals surface area contributed by atoms with E-state index in [0.717, 1.165) is 44.9 Å². The summed E-state index contributed by atoms with van der Waals surface area (Å²) in [7, 11) is 0. The van der Waals surface area contributed by atoms with E-state index in [0.29, 0.717) is 12.8 Å². The standard InChI is InChI=1S/C65H119NO13/c1-3-5-7-9-11-13-15-17-19-21-23-25-26-27-29-30-32-34-36-38-40-42-44-46-48-54(69)53(52-76-64-62(75)60(73)63(56(51-68)78-64)79-65-61(74)59(72)58(71)55(50-67)77-65)66-57(70)49-47-45-43-41-39-37-35-33-31-28-24-22-20-18-16-14-12-10-8-6-4-2/h16,18,22,24,38,40,46,48,53-56,58-65,67-69,71-75H,3-15,17,19-21,23,25-37,39,41-45,47,49-52H2,1-2H3,(H,66,70)/b18-16-,24-22-,40-38+,48-46+. The van der Waals surface area contributed by atoms with Gasteiger partial charge in [-0.05, 0) is 64.2 Å². The topological polar surface area (TPSA) is 228 Å². The molecule has 14 heteroatoms. The smallest absolute Gasteiger partial charge is 0.220 e. The molecule has 9 N–H and O–H groups in total. The van der Waals surface area contributed by atoms with Crippen molar-refractivity contribution < 1.29 is 64.6 Å². The summed E-state index contributed by atoms with van der Waals surface area (Å²) in [5.74, 6) is -0.252. The summed E-state index contributed by atoms with van der Waals surface area (Å²) in [4.78, 5) is 13.3. The van der Waals surface area contributed by atoms with Crippen LogP contribution < -0.4 is 5.32 Å². The van der Waals surface area contributed by atoms with E-state index in [9.17, 15) is 45.6 Å². The van der Waals surface area contributed by atoms with Crippen LogP contribution in [0.3, 0.4) is 0 Å². The van der Waals surface area contributed by atoms with Crippen molar-refractivity contribution in [1.82, 2.24) is 5.32 Å². The lowest BCUT2D eigenvalue weighted by Gasteiger charge is -2.46. The summed E-state index contributed by atoms with van der Waals surface area (Å²) >= 11 is 0. The summed E-state index contributed by atoms with van der Waals surface area (Å²) in [5, 5.41) is 87.2. The maximum atomic E-state index is 13.3. The molecular weight excluding hydrogens is 1000 g/mol. The molecule has 0 aromatic carbocycles. The molecule has 2 rings (SSSR count). The average Bonchev–Trinajstić information content (AvgIpc) is 3.47. The molecule has 0 aromatic heterocycles. The molecule has 79 heavy (non-hydrogen) atoms. The number of carbonyl (C=O) groups is 1. The van der Waals surface area contributed by atoms with Gasteiger partial charge in [0, 0.05) is 6.42 Å². The Bertz CT molecular complexity index is 1510. The lowest BCUT2D eigenvalue weighted by atomic mass is 9.97. The molecule has 0 aromatic rings. The Labute approximate surface area is 480 Å². The Kier molecular flexibility index (Phi) is 46.7. The number of allylic oxidation sites excluding steroid dienone is 7. The molecule has 1 amide bonds. The molecule has 2 aliphatic rings. The molecule has 0 aliphatic carbocycles. The van der Waals surface area contributed by atoms with Crippen molar-refractivity contribution in [2.75, 3.05) is 19.8 Å². The second-order valence-electron chi connectivity index (χ2n) is 22.9. The molecule has 2 fully saturated rings. The molecule has 2 aliphatic heterocycles. The predicted octanol–water partition coefficient (Wildman–Crippen LogP) is 12.0. The number of ether oxygens (including phenoxy) is 4. The number of hydrogen-bond donors (Lipinski definition) is 9. The second kappa shape index (κ2) is 50.5. The summed E-state index contributed by atoms with van der Waals surface area (Å²) in [6.07, 6.45) is 47.2. The van der Waals surface area contributed by atoms with E-state index >= 15 is 0 Å². The second-order valence-corrected chi connectivity index (χ2v) is 22.9. The quantitative estimate of drug-likeness (QED) is 0.0204. The summed E-state index contributed by atoms with van der Waals surface area (Å²) in [6, 6.07) is -0.935. The van der Waals surface area contributed by atoms with Crippen LogP contribution in [0, 0.1) is 0 Å². The highest BCUT2D eigenvalue weighted by molar-refractivity contribution is 5.76. The van der Waals surface area contributed by atoms with Gasteiger partial charge in [-0.1, -0.05) is 242 Å². The van der Waals surface area contributed by atoms with Crippen molar-refractivity contribution in [2.24, 2.45) is 0 Å². The number of carbonyl (C=O) groups excluding carboxylic acids is 1. The van der Waals surface area contributed by atoms with Crippen molar-refractivity contribution >= 4 is 5.91 Å². The summed E-state index contributed by atoms with van der Waals surface area (Å²) in [6.45, 7) is 2.79. The van der Waals surface area contributed by atoms with Gasteiger partial charge in [-0.3, -0.25) is 4.79 Å². The van der Waals surface area contributed by atoms with Gasteiger partial charge in [-0.25, -0.2) is 0 Å². The minimum atomic E-state index is -1.79. The van der Waals surface area contributed by atoms with Crippen LogP contribution in [0.5, 0.6) is 0 Å². The van der Waals surface area contributed by atoms with Crippen LogP contribution in [-0.2, 0) is 23.7 Å². The first kappa shape index (κ1) is 73.1. The third-order valence-electron chi connectivity index (χ3n) is 15.7. The van der Waals surface area contributed by atoms with Crippen LogP contribution in [0.25, 0.3) is 0 Å². The van der Waals surface area contributed by atoms with Gasteiger partial charge in [-0.15, -0.1) is 0 Å². The Morgan fingerprint density at radius 2 is 0.848 bits per heavy atom. The number of aliphatic hydroxyl groups is 8. The number of amides is 1. The van der Waals surface area contributed by atoms with Gasteiger partial charge >= 0.3 is 0 Å². The minimum absolute atomic E-state index is 0.252. The molecule has 0 radical (unpaired) electrons. The highest BCUT2D eigenvalue weighted by atomic mass is 16.7. The van der Waals surface area contributed by atoms with E-state index in [4.69, 9.17) is 18.9 Å². The van der Waals surface area contributed by atoms with Crippen LogP contribution in [0.2, 0.25) is 0 Å². The Morgan fingerprint density at radius 1 is 0.456 bits per heavy atom. The van der Waals surface area contributed by atoms with Crippen LogP contribution in [-0.4, -0.2) is 140 Å². The molecule has 462 valence electrons. The van der Waals surface area contributed by atoms with Gasteiger partial charge in [0.15, 0.2) is 12.6 Å². The highest BCUT2D eigenvalue weighted by Crippen LogP contribution is 2.30. The maximum absolute atomic E-state index is 13.3. The summed E-state index contributed by atoms with van der Waals surface area (Å²) in [5.41, 5.74) is 0. The first-order valence-electron chi connectivity index (χ1n) is 32.4. The normalized spacial score (nSPS) is 24.7. The third-order valence-corrected chi connectivity index (χ3v) is 15.7. The Balaban J connectivity index is 1.75. The lowest BCUT2D eigenvalue weighted by Crippen LogP contribution is -2.65. The first-order chi connectivity index (χ1) is 38.6. The Morgan fingerprint density at radius 3 is 1.32 bits per heavy atom. The molecule has 0 bridgehead atoms. The van der Waals surface area contributed by atoms with Gasteiger partial charge < -0.3 is 65.1 Å². The SMILES string of the molecule is CCCCCCC/C=C\C/C=C\CCCCCCCCCCCC(=O)NC(COC1OC(CO)C(OC2OC(CO)C(O)C(O)C2O)C(O)C1O)C(O)/C=C/CC/C=C/CCCCCCCCCCCCCCCCCCCC. The average molecular weight is 1120 g/mol. The first-order valence-corrected chi connectivity index (χ1v) is 32.4. The van der Waals surface area contributed by atoms with E-state index in [2.05, 4.69) is 55.6 Å². The summed E-state index contributed by atoms with van der Waals surface area (Å²) < 4.78 is 22.8. The van der Waals surface area contributed by atoms with Gasteiger partial charge in [0.25, 0.3) is 0 Å². The van der Waals surface area contributed by atoms with Crippen molar-refractivity contribution in [3.63, 3.8) is 0 Å². The number of rotatable bonds is 52. The van der Waals surface area contributed by atoms with Crippen LogP contribution in [0.15, 0.2) is 48.6 Å². The molecular formula is C65H119NO13. The van der Waals surface area contributed by atoms with E-state index in [-0.39, 0.29) is 18.9 Å². The van der Waals surface area contributed by atoms with Crippen molar-refractivity contribution in [3.05, 3.63) is 48.6 Å². The number of aliphatic hydroxyl groups excluding tert-OH is 8. The molecule has 12 atom stereocenters. The largest absolute Gasteiger partial charge is 0.394 e. The monoisotopic (exact) mass is 1120 g/mol. The van der Waals surface area contributed by atoms with Crippen LogP contribution >= 0.6 is 0 Å². The highest BCUT2D eigenvalue weighted by Gasteiger charge is 2.51. The minimum Gasteiger partial charge on any atom is -0.394 e. The maximum Gasteiger partial charge on any atom is 0.220 e.